The zero-order valence-corrected chi connectivity index (χ0v) is 13.8. The number of rotatable bonds is 4. The van der Waals surface area contributed by atoms with Crippen molar-refractivity contribution in [2.75, 3.05) is 6.54 Å². The van der Waals surface area contributed by atoms with Gasteiger partial charge in [-0.3, -0.25) is 15.1 Å². The highest BCUT2D eigenvalue weighted by Crippen LogP contribution is 2.19. The number of ether oxygens (including phenoxy) is 1. The second-order valence-corrected chi connectivity index (χ2v) is 5.22. The molecular formula is C17H19N3O4. The molecule has 1 aromatic heterocycles. The van der Waals surface area contributed by atoms with Gasteiger partial charge in [0, 0.05) is 17.6 Å². The van der Waals surface area contributed by atoms with Crippen LogP contribution in [-0.2, 0) is 9.53 Å². The molecule has 0 bridgehead atoms. The van der Waals surface area contributed by atoms with E-state index < -0.39 is 24.0 Å². The third-order valence-electron chi connectivity index (χ3n) is 3.29. The maximum absolute atomic E-state index is 12.4. The Morgan fingerprint density at radius 2 is 1.96 bits per heavy atom. The molecule has 2 rings (SSSR count). The number of esters is 1. The van der Waals surface area contributed by atoms with Crippen molar-refractivity contribution >= 4 is 28.8 Å². The fourth-order valence-electron chi connectivity index (χ4n) is 2.17. The summed E-state index contributed by atoms with van der Waals surface area (Å²) < 4.78 is 5.18. The molecular weight excluding hydrogens is 310 g/mol. The van der Waals surface area contributed by atoms with E-state index in [0.717, 1.165) is 0 Å². The number of amides is 3. The van der Waals surface area contributed by atoms with Crippen LogP contribution in [0.4, 0.5) is 4.79 Å². The van der Waals surface area contributed by atoms with Gasteiger partial charge in [-0.15, -0.1) is 0 Å². The number of benzene rings is 1. The van der Waals surface area contributed by atoms with Crippen LogP contribution in [0.25, 0.3) is 10.9 Å². The van der Waals surface area contributed by atoms with Gasteiger partial charge in [0.1, 0.15) is 0 Å². The molecule has 0 radical (unpaired) electrons. The van der Waals surface area contributed by atoms with Gasteiger partial charge in [0.05, 0.1) is 11.1 Å². The fraction of sp³-hybridized carbons (Fsp3) is 0.294. The first-order chi connectivity index (χ1) is 11.4. The Morgan fingerprint density at radius 3 is 2.67 bits per heavy atom. The summed E-state index contributed by atoms with van der Waals surface area (Å²) in [4.78, 5) is 40.0. The first kappa shape index (κ1) is 17.4. The minimum atomic E-state index is -1.10. The van der Waals surface area contributed by atoms with E-state index >= 15 is 0 Å². The first-order valence-corrected chi connectivity index (χ1v) is 7.58. The van der Waals surface area contributed by atoms with Crippen LogP contribution in [0.5, 0.6) is 0 Å². The van der Waals surface area contributed by atoms with Crippen LogP contribution in [0.1, 0.15) is 29.9 Å². The zero-order chi connectivity index (χ0) is 17.7. The molecule has 0 aliphatic rings. The van der Waals surface area contributed by atoms with Crippen molar-refractivity contribution in [3.63, 3.8) is 0 Å². The molecule has 7 nitrogen and oxygen atoms in total. The molecule has 0 saturated carbocycles. The second kappa shape index (κ2) is 7.54. The Balaban J connectivity index is 2.15. The Labute approximate surface area is 139 Å². The van der Waals surface area contributed by atoms with E-state index in [-0.39, 0.29) is 0 Å². The first-order valence-electron chi connectivity index (χ1n) is 7.58. The minimum Gasteiger partial charge on any atom is -0.449 e. The third-order valence-corrected chi connectivity index (χ3v) is 3.29. The molecule has 0 saturated heterocycles. The summed E-state index contributed by atoms with van der Waals surface area (Å²) in [5.74, 6) is -1.33. The largest absolute Gasteiger partial charge is 0.449 e. The van der Waals surface area contributed by atoms with Gasteiger partial charge in [-0.05, 0) is 32.9 Å². The number of nitrogens with zero attached hydrogens (tertiary/aromatic N) is 1. The van der Waals surface area contributed by atoms with Gasteiger partial charge >= 0.3 is 12.0 Å². The predicted octanol–water partition coefficient (Wildman–Crippen LogP) is 1.93. The van der Waals surface area contributed by atoms with Crippen LogP contribution in [0, 0.1) is 6.92 Å². The van der Waals surface area contributed by atoms with Gasteiger partial charge < -0.3 is 10.1 Å². The Bertz CT molecular complexity index is 788. The molecule has 1 heterocycles. The van der Waals surface area contributed by atoms with Crippen LogP contribution in [0.15, 0.2) is 30.3 Å². The number of aromatic nitrogens is 1. The lowest BCUT2D eigenvalue weighted by Crippen LogP contribution is -2.44. The lowest BCUT2D eigenvalue weighted by Gasteiger charge is -2.14. The van der Waals surface area contributed by atoms with Gasteiger partial charge in [0.2, 0.25) is 0 Å². The lowest BCUT2D eigenvalue weighted by molar-refractivity contribution is -0.127. The van der Waals surface area contributed by atoms with Gasteiger partial charge in [0.25, 0.3) is 5.91 Å². The van der Waals surface area contributed by atoms with E-state index in [9.17, 15) is 14.4 Å². The van der Waals surface area contributed by atoms with Crippen LogP contribution in [-0.4, -0.2) is 35.5 Å². The third kappa shape index (κ3) is 4.07. The van der Waals surface area contributed by atoms with Gasteiger partial charge in [-0.25, -0.2) is 9.59 Å². The van der Waals surface area contributed by atoms with E-state index in [1.54, 1.807) is 38.1 Å². The number of fused-ring (bicyclic) bond motifs is 1. The summed E-state index contributed by atoms with van der Waals surface area (Å²) in [6, 6.07) is 8.16. The molecule has 1 unspecified atom stereocenters. The number of hydrogen-bond donors (Lipinski definition) is 2. The minimum absolute atomic E-state index is 0.329. The van der Waals surface area contributed by atoms with E-state index in [2.05, 4.69) is 15.6 Å². The topological polar surface area (TPSA) is 97.4 Å². The number of pyridine rings is 1. The van der Waals surface area contributed by atoms with Crippen molar-refractivity contribution in [2.45, 2.75) is 26.9 Å². The lowest BCUT2D eigenvalue weighted by atomic mass is 10.1. The molecule has 2 aromatic rings. The molecule has 126 valence electrons. The maximum Gasteiger partial charge on any atom is 0.339 e. The average Bonchev–Trinajstić information content (AvgIpc) is 2.53. The summed E-state index contributed by atoms with van der Waals surface area (Å²) in [7, 11) is 0. The number of hydrogen-bond acceptors (Lipinski definition) is 5. The van der Waals surface area contributed by atoms with Crippen LogP contribution in [0.3, 0.4) is 0 Å². The van der Waals surface area contributed by atoms with Crippen molar-refractivity contribution in [3.8, 4) is 0 Å². The molecule has 0 aliphatic carbocycles. The van der Waals surface area contributed by atoms with Gasteiger partial charge in [0.15, 0.2) is 6.10 Å². The molecule has 0 spiro atoms. The maximum atomic E-state index is 12.4. The molecule has 1 aromatic carbocycles. The van der Waals surface area contributed by atoms with E-state index in [0.29, 0.717) is 28.7 Å². The number of carbonyl (C=O) groups excluding carboxylic acids is 3. The van der Waals surface area contributed by atoms with E-state index in [4.69, 9.17) is 4.74 Å². The van der Waals surface area contributed by atoms with Crippen LogP contribution >= 0.6 is 0 Å². The molecule has 7 heteroatoms. The Morgan fingerprint density at radius 1 is 1.25 bits per heavy atom. The zero-order valence-electron chi connectivity index (χ0n) is 13.8. The van der Waals surface area contributed by atoms with Crippen molar-refractivity contribution < 1.29 is 19.1 Å². The number of carbonyl (C=O) groups is 3. The normalized spacial score (nSPS) is 11.6. The number of imide groups is 1. The summed E-state index contributed by atoms with van der Waals surface area (Å²) in [5.41, 5.74) is 1.67. The Kier molecular flexibility index (Phi) is 5.47. The van der Waals surface area contributed by atoms with Crippen molar-refractivity contribution in [3.05, 3.63) is 41.6 Å². The van der Waals surface area contributed by atoms with Gasteiger partial charge in [-0.2, -0.15) is 0 Å². The highest BCUT2D eigenvalue weighted by atomic mass is 16.5. The van der Waals surface area contributed by atoms with E-state index in [1.165, 1.54) is 6.92 Å². The molecule has 2 N–H and O–H groups in total. The summed E-state index contributed by atoms with van der Waals surface area (Å²) >= 11 is 0. The van der Waals surface area contributed by atoms with Crippen molar-refractivity contribution in [2.24, 2.45) is 0 Å². The number of nitrogens with one attached hydrogen (secondary N) is 2. The summed E-state index contributed by atoms with van der Waals surface area (Å²) in [6.45, 7) is 5.29. The monoisotopic (exact) mass is 329 g/mol. The van der Waals surface area contributed by atoms with Crippen molar-refractivity contribution in [1.29, 1.82) is 0 Å². The number of urea groups is 1. The van der Waals surface area contributed by atoms with Crippen molar-refractivity contribution in [1.82, 2.24) is 15.6 Å². The standard InChI is InChI=1S/C17H19N3O4/c1-4-18-17(23)20-15(21)11(3)24-16(22)13-9-10(2)19-14-8-6-5-7-12(13)14/h5-9,11H,4H2,1-3H3,(H2,18,20,21,23). The molecule has 0 fully saturated rings. The summed E-state index contributed by atoms with van der Waals surface area (Å²) in [6.07, 6.45) is -1.10. The fourth-order valence-corrected chi connectivity index (χ4v) is 2.17. The predicted molar refractivity (Wildman–Crippen MR) is 88.6 cm³/mol. The quantitative estimate of drug-likeness (QED) is 0.835. The Hall–Kier alpha value is -2.96. The summed E-state index contributed by atoms with van der Waals surface area (Å²) in [5, 5.41) is 5.18. The molecule has 3 amide bonds. The smallest absolute Gasteiger partial charge is 0.339 e. The molecule has 1 atom stereocenters. The number of aryl methyl sites for hydroxylation is 1. The molecule has 24 heavy (non-hydrogen) atoms. The second-order valence-electron chi connectivity index (χ2n) is 5.22. The molecule has 0 aliphatic heterocycles. The van der Waals surface area contributed by atoms with Crippen LogP contribution in [0.2, 0.25) is 0 Å². The highest BCUT2D eigenvalue weighted by Gasteiger charge is 2.22. The average molecular weight is 329 g/mol. The van der Waals surface area contributed by atoms with Gasteiger partial charge in [-0.1, -0.05) is 18.2 Å². The SMILES string of the molecule is CCNC(=O)NC(=O)C(C)OC(=O)c1cc(C)nc2ccccc12. The number of para-hydroxylation sites is 1. The highest BCUT2D eigenvalue weighted by molar-refractivity contribution is 6.05. The van der Waals surface area contributed by atoms with Crippen LogP contribution < -0.4 is 10.6 Å². The van der Waals surface area contributed by atoms with E-state index in [1.807, 2.05) is 6.07 Å².